The van der Waals surface area contributed by atoms with Crippen LogP contribution in [-0.4, -0.2) is 34.9 Å². The zero-order valence-electron chi connectivity index (χ0n) is 17.2. The van der Waals surface area contributed by atoms with Crippen LogP contribution in [0, 0.1) is 6.92 Å². The lowest BCUT2D eigenvalue weighted by atomic mass is 10.00. The van der Waals surface area contributed by atoms with E-state index in [0.29, 0.717) is 23.7 Å². The number of amides is 1. The van der Waals surface area contributed by atoms with E-state index in [1.807, 2.05) is 30.3 Å². The number of carbonyl (C=O) groups is 2. The molecule has 1 aliphatic heterocycles. The number of ether oxygens (including phenoxy) is 1. The molecule has 2 aromatic carbocycles. The van der Waals surface area contributed by atoms with Crippen LogP contribution in [0.4, 0.5) is 0 Å². The van der Waals surface area contributed by atoms with Crippen molar-refractivity contribution in [1.82, 2.24) is 9.88 Å². The third-order valence-electron chi connectivity index (χ3n) is 5.40. The van der Waals surface area contributed by atoms with Gasteiger partial charge in [0, 0.05) is 18.7 Å². The number of fused-ring (bicyclic) bond motifs is 1. The molecule has 154 valence electrons. The monoisotopic (exact) mass is 420 g/mol. The zero-order valence-corrected chi connectivity index (χ0v) is 18.0. The van der Waals surface area contributed by atoms with Gasteiger partial charge in [-0.15, -0.1) is 11.3 Å². The molecule has 0 spiro atoms. The first-order valence-corrected chi connectivity index (χ1v) is 10.9. The van der Waals surface area contributed by atoms with Crippen LogP contribution >= 0.6 is 11.3 Å². The Morgan fingerprint density at radius 3 is 2.57 bits per heavy atom. The molecule has 4 rings (SSSR count). The van der Waals surface area contributed by atoms with E-state index in [9.17, 15) is 9.59 Å². The lowest BCUT2D eigenvalue weighted by molar-refractivity contribution is -0.135. The molecule has 0 bridgehead atoms. The molecule has 5 nitrogen and oxygen atoms in total. The van der Waals surface area contributed by atoms with Gasteiger partial charge in [-0.05, 0) is 36.5 Å². The van der Waals surface area contributed by atoms with Crippen LogP contribution in [0.25, 0.3) is 10.6 Å². The van der Waals surface area contributed by atoms with Crippen LogP contribution in [0.1, 0.15) is 39.0 Å². The summed E-state index contributed by atoms with van der Waals surface area (Å²) in [4.78, 5) is 31.8. The van der Waals surface area contributed by atoms with Gasteiger partial charge in [0.05, 0.1) is 5.69 Å². The summed E-state index contributed by atoms with van der Waals surface area (Å²) in [6, 6.07) is 16.3. The largest absolute Gasteiger partial charge is 0.451 e. The van der Waals surface area contributed by atoms with Gasteiger partial charge in [-0.3, -0.25) is 4.79 Å². The maximum absolute atomic E-state index is 12.6. The summed E-state index contributed by atoms with van der Waals surface area (Å²) in [6.45, 7) is 4.86. The van der Waals surface area contributed by atoms with Gasteiger partial charge in [-0.1, -0.05) is 55.5 Å². The Hall–Kier alpha value is -2.99. The summed E-state index contributed by atoms with van der Waals surface area (Å²) in [7, 11) is 0. The van der Waals surface area contributed by atoms with E-state index in [1.54, 1.807) is 11.8 Å². The Labute approximate surface area is 180 Å². The normalized spacial score (nSPS) is 13.1. The summed E-state index contributed by atoms with van der Waals surface area (Å²) in [5.74, 6) is -0.664. The highest BCUT2D eigenvalue weighted by atomic mass is 32.1. The third-order valence-corrected chi connectivity index (χ3v) is 6.59. The number of hydrogen-bond donors (Lipinski definition) is 0. The van der Waals surface area contributed by atoms with Crippen LogP contribution in [0.15, 0.2) is 48.5 Å². The Bertz CT molecular complexity index is 1070. The standard InChI is InChI=1S/C24H24N2O3S/c1-3-17-8-10-19(11-9-17)23-25-16(2)22(30-23)24(28)29-15-21(27)26-13-12-18-6-4-5-7-20(18)14-26/h4-11H,3,12-15H2,1-2H3. The van der Waals surface area contributed by atoms with Crippen molar-refractivity contribution in [3.05, 3.63) is 75.8 Å². The average Bonchev–Trinajstić information content (AvgIpc) is 3.18. The van der Waals surface area contributed by atoms with Crippen LogP contribution in [-0.2, 0) is 28.9 Å². The van der Waals surface area contributed by atoms with Gasteiger partial charge in [0.2, 0.25) is 0 Å². The van der Waals surface area contributed by atoms with E-state index in [2.05, 4.69) is 30.1 Å². The van der Waals surface area contributed by atoms with E-state index >= 15 is 0 Å². The van der Waals surface area contributed by atoms with Gasteiger partial charge in [0.25, 0.3) is 5.91 Å². The minimum atomic E-state index is -0.493. The quantitative estimate of drug-likeness (QED) is 0.573. The maximum atomic E-state index is 12.6. The molecule has 1 amide bonds. The van der Waals surface area contributed by atoms with Crippen molar-refractivity contribution in [2.45, 2.75) is 33.2 Å². The number of nitrogens with zero attached hydrogens (tertiary/aromatic N) is 2. The number of thiazole rings is 1. The van der Waals surface area contributed by atoms with E-state index in [-0.39, 0.29) is 12.5 Å². The fraction of sp³-hybridized carbons (Fsp3) is 0.292. The van der Waals surface area contributed by atoms with Gasteiger partial charge in [0.1, 0.15) is 9.88 Å². The molecule has 0 saturated heterocycles. The lowest BCUT2D eigenvalue weighted by Gasteiger charge is -2.28. The topological polar surface area (TPSA) is 59.5 Å². The van der Waals surface area contributed by atoms with Crippen LogP contribution in [0.3, 0.4) is 0 Å². The van der Waals surface area contributed by atoms with E-state index in [4.69, 9.17) is 4.74 Å². The van der Waals surface area contributed by atoms with Gasteiger partial charge < -0.3 is 9.64 Å². The van der Waals surface area contributed by atoms with Crippen molar-refractivity contribution in [3.8, 4) is 10.6 Å². The summed E-state index contributed by atoms with van der Waals surface area (Å²) < 4.78 is 5.34. The number of hydrogen-bond acceptors (Lipinski definition) is 5. The first kappa shape index (κ1) is 20.3. The minimum absolute atomic E-state index is 0.171. The van der Waals surface area contributed by atoms with Crippen molar-refractivity contribution in [2.75, 3.05) is 13.2 Å². The number of benzene rings is 2. The number of carbonyl (C=O) groups excluding carboxylic acids is 2. The second-order valence-electron chi connectivity index (χ2n) is 7.39. The molecule has 6 heteroatoms. The molecular weight excluding hydrogens is 396 g/mol. The van der Waals surface area contributed by atoms with Crippen LogP contribution in [0.5, 0.6) is 0 Å². The summed E-state index contributed by atoms with van der Waals surface area (Å²) in [5, 5.41) is 0.779. The number of aromatic nitrogens is 1. The van der Waals surface area contributed by atoms with E-state index in [1.165, 1.54) is 22.5 Å². The average molecular weight is 421 g/mol. The second kappa shape index (κ2) is 8.79. The van der Waals surface area contributed by atoms with Gasteiger partial charge in [-0.25, -0.2) is 9.78 Å². The Balaban J connectivity index is 1.38. The molecule has 0 unspecified atom stereocenters. The van der Waals surface area contributed by atoms with Crippen molar-refractivity contribution >= 4 is 23.2 Å². The molecule has 0 saturated carbocycles. The molecule has 3 aromatic rings. The maximum Gasteiger partial charge on any atom is 0.350 e. The van der Waals surface area contributed by atoms with E-state index in [0.717, 1.165) is 29.0 Å². The van der Waals surface area contributed by atoms with E-state index < -0.39 is 5.97 Å². The second-order valence-corrected chi connectivity index (χ2v) is 8.39. The molecule has 0 aliphatic carbocycles. The third kappa shape index (κ3) is 4.28. The number of aryl methyl sites for hydroxylation is 2. The predicted octanol–water partition coefficient (Wildman–Crippen LogP) is 4.42. The molecule has 30 heavy (non-hydrogen) atoms. The van der Waals surface area contributed by atoms with Crippen molar-refractivity contribution in [1.29, 1.82) is 0 Å². The Morgan fingerprint density at radius 1 is 1.10 bits per heavy atom. The summed E-state index contributed by atoms with van der Waals surface area (Å²) in [6.07, 6.45) is 1.80. The lowest BCUT2D eigenvalue weighted by Crippen LogP contribution is -2.38. The Kier molecular flexibility index (Phi) is 5.95. The zero-order chi connectivity index (χ0) is 21.1. The minimum Gasteiger partial charge on any atom is -0.451 e. The molecule has 0 N–H and O–H groups in total. The van der Waals surface area contributed by atoms with Crippen molar-refractivity contribution < 1.29 is 14.3 Å². The van der Waals surface area contributed by atoms with Crippen LogP contribution < -0.4 is 0 Å². The number of rotatable bonds is 5. The molecular formula is C24H24N2O3S. The highest BCUT2D eigenvalue weighted by Crippen LogP contribution is 2.29. The van der Waals surface area contributed by atoms with Gasteiger partial charge in [-0.2, -0.15) is 0 Å². The number of esters is 1. The molecule has 0 fully saturated rings. The van der Waals surface area contributed by atoms with Gasteiger partial charge in [0.15, 0.2) is 6.61 Å². The highest BCUT2D eigenvalue weighted by Gasteiger charge is 2.23. The smallest absolute Gasteiger partial charge is 0.350 e. The molecule has 1 aliphatic rings. The Morgan fingerprint density at radius 2 is 1.83 bits per heavy atom. The fourth-order valence-corrected chi connectivity index (χ4v) is 4.55. The first-order chi connectivity index (χ1) is 14.5. The SMILES string of the molecule is CCc1ccc(-c2nc(C)c(C(=O)OCC(=O)N3CCc4ccccc4C3)s2)cc1. The predicted molar refractivity (Wildman–Crippen MR) is 118 cm³/mol. The highest BCUT2D eigenvalue weighted by molar-refractivity contribution is 7.17. The first-order valence-electron chi connectivity index (χ1n) is 10.1. The molecule has 2 heterocycles. The summed E-state index contributed by atoms with van der Waals surface area (Å²) >= 11 is 1.30. The van der Waals surface area contributed by atoms with Crippen LogP contribution in [0.2, 0.25) is 0 Å². The summed E-state index contributed by atoms with van der Waals surface area (Å²) in [5.41, 5.74) is 5.28. The van der Waals surface area contributed by atoms with Crippen molar-refractivity contribution in [2.24, 2.45) is 0 Å². The van der Waals surface area contributed by atoms with Gasteiger partial charge >= 0.3 is 5.97 Å². The molecule has 0 atom stereocenters. The van der Waals surface area contributed by atoms with Crippen molar-refractivity contribution in [3.63, 3.8) is 0 Å². The molecule has 0 radical (unpaired) electrons. The fourth-order valence-electron chi connectivity index (χ4n) is 3.59. The molecule has 1 aromatic heterocycles.